The van der Waals surface area contributed by atoms with Gasteiger partial charge in [-0.1, -0.05) is 25.1 Å². The van der Waals surface area contributed by atoms with Gasteiger partial charge in [0.1, 0.15) is 5.75 Å². The molecular weight excluding hydrogens is 372 g/mol. The van der Waals surface area contributed by atoms with Gasteiger partial charge in [0.2, 0.25) is 5.91 Å². The average Bonchev–Trinajstić information content (AvgIpc) is 3.19. The fourth-order valence-corrected chi connectivity index (χ4v) is 6.01. The third-order valence-corrected chi connectivity index (χ3v) is 7.71. The van der Waals surface area contributed by atoms with Crippen LogP contribution in [0.5, 0.6) is 5.75 Å². The number of rotatable bonds is 3. The maximum atomic E-state index is 13.0. The van der Waals surface area contributed by atoms with Gasteiger partial charge in [-0.3, -0.25) is 9.59 Å². The number of amides is 2. The molecule has 0 saturated heterocycles. The van der Waals surface area contributed by atoms with Crippen LogP contribution in [0, 0.1) is 17.3 Å². The van der Waals surface area contributed by atoms with Crippen molar-refractivity contribution in [3.63, 3.8) is 0 Å². The molecule has 2 bridgehead atoms. The second-order valence-corrected chi connectivity index (χ2v) is 9.63. The van der Waals surface area contributed by atoms with E-state index in [0.29, 0.717) is 24.3 Å². The smallest absolute Gasteiger partial charge is 0.258 e. The van der Waals surface area contributed by atoms with Crippen molar-refractivity contribution in [2.75, 3.05) is 0 Å². The van der Waals surface area contributed by atoms with Crippen LogP contribution in [0.25, 0.3) is 0 Å². The van der Waals surface area contributed by atoms with Crippen molar-refractivity contribution in [2.45, 2.75) is 44.9 Å². The second kappa shape index (κ2) is 6.34. The molecule has 3 saturated carbocycles. The second-order valence-electron chi connectivity index (χ2n) is 8.59. The van der Waals surface area contributed by atoms with Gasteiger partial charge in [0.15, 0.2) is 5.72 Å². The first-order valence-electron chi connectivity index (χ1n) is 9.90. The van der Waals surface area contributed by atoms with E-state index in [1.165, 1.54) is 0 Å². The number of carbonyl (C=O) groups excluding carboxylic acids is 2. The Balaban J connectivity index is 1.37. The quantitative estimate of drug-likeness (QED) is 0.831. The Morgan fingerprint density at radius 1 is 1.32 bits per heavy atom. The first kappa shape index (κ1) is 17.7. The molecule has 0 unspecified atom stereocenters. The zero-order chi connectivity index (χ0) is 19.4. The van der Waals surface area contributed by atoms with Crippen LogP contribution in [-0.4, -0.2) is 17.5 Å². The summed E-state index contributed by atoms with van der Waals surface area (Å²) in [7, 11) is 0. The van der Waals surface area contributed by atoms with Crippen LogP contribution in [0.15, 0.2) is 41.8 Å². The third-order valence-electron chi connectivity index (χ3n) is 6.83. The van der Waals surface area contributed by atoms with E-state index in [1.807, 2.05) is 35.7 Å². The molecule has 6 rings (SSSR count). The summed E-state index contributed by atoms with van der Waals surface area (Å²) in [5, 5.41) is 8.32. The topological polar surface area (TPSA) is 67.4 Å². The molecule has 146 valence electrons. The Labute approximate surface area is 168 Å². The third kappa shape index (κ3) is 2.73. The lowest BCUT2D eigenvalue weighted by molar-refractivity contribution is -0.167. The summed E-state index contributed by atoms with van der Waals surface area (Å²) in [4.78, 5) is 26.9. The number of nitrogens with one attached hydrogen (secondary N) is 2. The number of carbonyl (C=O) groups is 2. The Morgan fingerprint density at radius 3 is 2.96 bits per heavy atom. The lowest BCUT2D eigenvalue weighted by Gasteiger charge is -2.59. The molecule has 2 heterocycles. The summed E-state index contributed by atoms with van der Waals surface area (Å²) in [5.74, 6) is 0.800. The number of hydrogen-bond donors (Lipinski definition) is 2. The van der Waals surface area contributed by atoms with Crippen molar-refractivity contribution in [3.05, 3.63) is 52.2 Å². The number of para-hydroxylation sites is 1. The van der Waals surface area contributed by atoms with Gasteiger partial charge in [-0.25, -0.2) is 0 Å². The van der Waals surface area contributed by atoms with Crippen molar-refractivity contribution in [1.29, 1.82) is 0 Å². The minimum atomic E-state index is -0.691. The maximum absolute atomic E-state index is 13.0. The standard InChI is InChI=1S/C22H24N2O3S/c1-21-9-8-14(11-17(21)20(26)23-12-15-5-4-10-28-15)22(13-21)24-19(25)16-6-2-3-7-18(16)27-22/h2-7,10,14,17H,8-9,11-13H2,1H3,(H,23,26)(H,24,25)/t14-,17+,21-,22-/m0/s1. The van der Waals surface area contributed by atoms with Gasteiger partial charge < -0.3 is 15.4 Å². The highest BCUT2D eigenvalue weighted by Gasteiger charge is 2.61. The van der Waals surface area contributed by atoms with E-state index in [4.69, 9.17) is 4.74 Å². The summed E-state index contributed by atoms with van der Waals surface area (Å²) in [6.45, 7) is 2.76. The van der Waals surface area contributed by atoms with Gasteiger partial charge >= 0.3 is 0 Å². The van der Waals surface area contributed by atoms with Gasteiger partial charge in [-0.2, -0.15) is 0 Å². The van der Waals surface area contributed by atoms with E-state index < -0.39 is 5.72 Å². The summed E-state index contributed by atoms with van der Waals surface area (Å²) < 4.78 is 6.41. The highest BCUT2D eigenvalue weighted by Crippen LogP contribution is 2.58. The number of thiophene rings is 1. The summed E-state index contributed by atoms with van der Waals surface area (Å²) in [6.07, 6.45) is 3.36. The van der Waals surface area contributed by atoms with Crippen molar-refractivity contribution < 1.29 is 14.3 Å². The van der Waals surface area contributed by atoms with E-state index in [0.717, 1.165) is 24.1 Å². The van der Waals surface area contributed by atoms with E-state index in [1.54, 1.807) is 17.4 Å². The molecule has 2 aromatic rings. The number of benzene rings is 1. The van der Waals surface area contributed by atoms with Gasteiger partial charge in [0.05, 0.1) is 12.1 Å². The zero-order valence-corrected chi connectivity index (χ0v) is 16.7. The molecule has 1 aromatic carbocycles. The van der Waals surface area contributed by atoms with Gasteiger partial charge in [0, 0.05) is 23.1 Å². The average molecular weight is 397 g/mol. The SMILES string of the molecule is C[C@@]12CC[C@@H](C[C@@H]1C(=O)NCc1cccs1)[C@@]1(C2)NC(=O)c2ccccc2O1. The molecular formula is C22H24N2O3S. The van der Waals surface area contributed by atoms with E-state index in [2.05, 4.69) is 17.6 Å². The summed E-state index contributed by atoms with van der Waals surface area (Å²) >= 11 is 1.66. The minimum absolute atomic E-state index is 0.0468. The minimum Gasteiger partial charge on any atom is -0.467 e. The van der Waals surface area contributed by atoms with Gasteiger partial charge in [0.25, 0.3) is 5.91 Å². The highest BCUT2D eigenvalue weighted by atomic mass is 32.1. The summed E-state index contributed by atoms with van der Waals surface area (Å²) in [5.41, 5.74) is -0.290. The molecule has 2 N–H and O–H groups in total. The monoisotopic (exact) mass is 396 g/mol. The van der Waals surface area contributed by atoms with Crippen LogP contribution in [0.4, 0.5) is 0 Å². The molecule has 4 aliphatic rings. The van der Waals surface area contributed by atoms with E-state index >= 15 is 0 Å². The number of fused-ring (bicyclic) bond motifs is 3. The van der Waals surface area contributed by atoms with Crippen LogP contribution >= 0.6 is 11.3 Å². The van der Waals surface area contributed by atoms with Gasteiger partial charge in [-0.15, -0.1) is 11.3 Å². The predicted molar refractivity (Wildman–Crippen MR) is 107 cm³/mol. The van der Waals surface area contributed by atoms with Crippen LogP contribution in [0.2, 0.25) is 0 Å². The fourth-order valence-electron chi connectivity index (χ4n) is 5.37. The predicted octanol–water partition coefficient (Wildman–Crippen LogP) is 3.71. The van der Waals surface area contributed by atoms with Crippen molar-refractivity contribution in [3.8, 4) is 5.75 Å². The Bertz CT molecular complexity index is 928. The first-order valence-corrected chi connectivity index (χ1v) is 10.8. The highest BCUT2D eigenvalue weighted by molar-refractivity contribution is 7.09. The van der Waals surface area contributed by atoms with Crippen LogP contribution in [0.3, 0.4) is 0 Å². The van der Waals surface area contributed by atoms with Crippen molar-refractivity contribution in [2.24, 2.45) is 17.3 Å². The molecule has 28 heavy (non-hydrogen) atoms. The largest absolute Gasteiger partial charge is 0.467 e. The Kier molecular flexibility index (Phi) is 4.02. The molecule has 4 atom stereocenters. The molecule has 1 spiro atoms. The zero-order valence-electron chi connectivity index (χ0n) is 15.9. The van der Waals surface area contributed by atoms with Gasteiger partial charge in [-0.05, 0) is 48.3 Å². The molecule has 1 aliphatic heterocycles. The molecule has 3 aliphatic carbocycles. The lowest BCUT2D eigenvalue weighted by atomic mass is 9.52. The molecule has 0 radical (unpaired) electrons. The normalized spacial score (nSPS) is 33.1. The molecule has 2 amide bonds. The van der Waals surface area contributed by atoms with Crippen molar-refractivity contribution >= 4 is 23.2 Å². The van der Waals surface area contributed by atoms with Crippen LogP contribution in [-0.2, 0) is 11.3 Å². The first-order chi connectivity index (χ1) is 13.5. The lowest BCUT2D eigenvalue weighted by Crippen LogP contribution is -2.69. The molecule has 6 heteroatoms. The molecule has 5 nitrogen and oxygen atoms in total. The van der Waals surface area contributed by atoms with Crippen LogP contribution < -0.4 is 15.4 Å². The van der Waals surface area contributed by atoms with E-state index in [-0.39, 0.29) is 29.1 Å². The molecule has 3 fully saturated rings. The Hall–Kier alpha value is -2.34. The van der Waals surface area contributed by atoms with E-state index in [9.17, 15) is 9.59 Å². The maximum Gasteiger partial charge on any atom is 0.258 e. The summed E-state index contributed by atoms with van der Waals surface area (Å²) in [6, 6.07) is 11.4. The fraction of sp³-hybridized carbons (Fsp3) is 0.455. The number of hydrogen-bond acceptors (Lipinski definition) is 4. The van der Waals surface area contributed by atoms with Crippen molar-refractivity contribution in [1.82, 2.24) is 10.6 Å². The van der Waals surface area contributed by atoms with Crippen LogP contribution in [0.1, 0.15) is 47.8 Å². The number of ether oxygens (including phenoxy) is 1. The molecule has 1 aromatic heterocycles. The Morgan fingerprint density at radius 2 is 2.18 bits per heavy atom.